The molecule has 7 heteroatoms. The van der Waals surface area contributed by atoms with Crippen molar-refractivity contribution in [1.82, 2.24) is 14.1 Å². The molecule has 0 bridgehead atoms. The molecule has 0 saturated carbocycles. The molecule has 10 aromatic carbocycles. The molecule has 13 aromatic rings. The molecular weight excluding hydrogens is 876 g/mol. The number of nitrogens with zero attached hydrogens (tertiary/aromatic N) is 3. The first-order valence-electron chi connectivity index (χ1n) is 24.7. The molecule has 0 saturated heterocycles. The highest BCUT2D eigenvalue weighted by molar-refractivity contribution is 7.00. The Labute approximate surface area is 417 Å². The lowest BCUT2D eigenvalue weighted by molar-refractivity contribution is 0.469. The monoisotopic (exact) mass is 917 g/mol. The highest BCUT2D eigenvalue weighted by Gasteiger charge is 2.41. The SMILES string of the molecule is c1ccc(-c2ccccc2B2c3ccccc3Oc3c2ccc2c3B(c3cccc(-c4cc(-n5c6ccccc6c6ccccc65)nc(-n5c6ccccc6c6ccccc65)c4)c3)c3ccccc3O2)cc1. The van der Waals surface area contributed by atoms with Crippen LogP contribution in [0.4, 0.5) is 0 Å². The lowest BCUT2D eigenvalue weighted by atomic mass is 9.31. The fraction of sp³-hybridized carbons (Fsp3) is 0. The molecule has 0 N–H and O–H groups in total. The van der Waals surface area contributed by atoms with Crippen LogP contribution in [0.2, 0.25) is 0 Å². The van der Waals surface area contributed by atoms with Gasteiger partial charge in [-0.3, -0.25) is 9.13 Å². The molecule has 3 aromatic heterocycles. The number of hydrogen-bond donors (Lipinski definition) is 0. The molecule has 0 radical (unpaired) electrons. The number of hydrogen-bond acceptors (Lipinski definition) is 3. The van der Waals surface area contributed by atoms with E-state index in [0.717, 1.165) is 95.1 Å². The van der Waals surface area contributed by atoms with E-state index in [4.69, 9.17) is 14.5 Å². The summed E-state index contributed by atoms with van der Waals surface area (Å²) in [7, 11) is 0. The second kappa shape index (κ2) is 16.1. The topological polar surface area (TPSA) is 41.2 Å². The molecule has 15 rings (SSSR count). The van der Waals surface area contributed by atoms with Crippen LogP contribution in [0.5, 0.6) is 23.0 Å². The zero-order valence-corrected chi connectivity index (χ0v) is 39.0. The summed E-state index contributed by atoms with van der Waals surface area (Å²) in [5.74, 6) is 5.02. The molecule has 5 nitrogen and oxygen atoms in total. The average molecular weight is 918 g/mol. The normalized spacial score (nSPS) is 12.6. The zero-order chi connectivity index (χ0) is 47.3. The summed E-state index contributed by atoms with van der Waals surface area (Å²) < 4.78 is 18.8. The van der Waals surface area contributed by atoms with Gasteiger partial charge in [-0.2, -0.15) is 0 Å². The molecule has 0 aliphatic carbocycles. The van der Waals surface area contributed by atoms with Gasteiger partial charge in [0.25, 0.3) is 13.4 Å². The maximum atomic E-state index is 7.22. The van der Waals surface area contributed by atoms with Crippen molar-refractivity contribution in [3.63, 3.8) is 0 Å². The van der Waals surface area contributed by atoms with E-state index in [-0.39, 0.29) is 13.4 Å². The maximum absolute atomic E-state index is 7.22. The van der Waals surface area contributed by atoms with E-state index in [0.29, 0.717) is 0 Å². The highest BCUT2D eigenvalue weighted by Crippen LogP contribution is 2.38. The largest absolute Gasteiger partial charge is 0.459 e. The third kappa shape index (κ3) is 6.20. The molecule has 334 valence electrons. The number of benzene rings is 10. The van der Waals surface area contributed by atoms with Crippen molar-refractivity contribution in [2.24, 2.45) is 0 Å². The van der Waals surface area contributed by atoms with Crippen molar-refractivity contribution in [1.29, 1.82) is 0 Å². The van der Waals surface area contributed by atoms with E-state index in [9.17, 15) is 0 Å². The first-order valence-corrected chi connectivity index (χ1v) is 24.7. The number of rotatable bonds is 6. The van der Waals surface area contributed by atoms with Crippen molar-refractivity contribution in [3.8, 4) is 56.9 Å². The Bertz CT molecular complexity index is 4090. The Balaban J connectivity index is 0.956. The predicted octanol–water partition coefficient (Wildman–Crippen LogP) is 11.9. The Morgan fingerprint density at radius 2 is 0.806 bits per heavy atom. The summed E-state index contributed by atoms with van der Waals surface area (Å²) in [4.78, 5) is 5.63. The van der Waals surface area contributed by atoms with Crippen molar-refractivity contribution < 1.29 is 9.47 Å². The highest BCUT2D eigenvalue weighted by atomic mass is 16.5. The summed E-state index contributed by atoms with van der Waals surface area (Å²) in [5, 5.41) is 4.76. The smallest absolute Gasteiger partial charge is 0.255 e. The average Bonchev–Trinajstić information content (AvgIpc) is 3.97. The van der Waals surface area contributed by atoms with Gasteiger partial charge in [0.15, 0.2) is 0 Å². The first-order chi connectivity index (χ1) is 35.7. The van der Waals surface area contributed by atoms with E-state index in [1.807, 2.05) is 0 Å². The standard InChI is InChI=1S/C65H41B2N3O2/c1-2-19-42(20-3-1)46-23-4-9-28-51(46)67-53-30-11-17-36-60(53)72-65-54(67)37-38-61-64(65)66(52-29-10-16-35-59(52)71-61)45-22-18-21-43(39-45)44-40-62(69-55-31-12-5-24-47(55)48-25-6-13-32-56(48)69)68-63(41-44)70-57-33-14-7-26-49(57)50-27-8-15-34-58(50)70/h1-41H. The molecule has 0 spiro atoms. The van der Waals surface area contributed by atoms with Gasteiger partial charge in [-0.25, -0.2) is 4.98 Å². The van der Waals surface area contributed by atoms with Crippen LogP contribution in [0, 0.1) is 0 Å². The van der Waals surface area contributed by atoms with Gasteiger partial charge in [-0.15, -0.1) is 0 Å². The van der Waals surface area contributed by atoms with Crippen LogP contribution in [-0.4, -0.2) is 27.5 Å². The summed E-state index contributed by atoms with van der Waals surface area (Å²) in [6, 6.07) is 89.1. The van der Waals surface area contributed by atoms with Crippen LogP contribution in [0.25, 0.3) is 77.5 Å². The van der Waals surface area contributed by atoms with Crippen molar-refractivity contribution in [2.45, 2.75) is 0 Å². The Kier molecular flexibility index (Phi) is 9.08. The zero-order valence-electron chi connectivity index (χ0n) is 39.0. The number of pyridine rings is 1. The third-order valence-electron chi connectivity index (χ3n) is 15.0. The van der Waals surface area contributed by atoms with Crippen LogP contribution in [0.15, 0.2) is 249 Å². The van der Waals surface area contributed by atoms with Crippen LogP contribution in [0.1, 0.15) is 0 Å². The van der Waals surface area contributed by atoms with E-state index < -0.39 is 0 Å². The van der Waals surface area contributed by atoms with Crippen LogP contribution >= 0.6 is 0 Å². The molecule has 72 heavy (non-hydrogen) atoms. The lowest BCUT2D eigenvalue weighted by Gasteiger charge is -2.34. The molecule has 0 fully saturated rings. The summed E-state index contributed by atoms with van der Waals surface area (Å²) in [6.07, 6.45) is 0. The van der Waals surface area contributed by atoms with E-state index in [2.05, 4.69) is 258 Å². The Morgan fingerprint density at radius 3 is 1.42 bits per heavy atom. The fourth-order valence-corrected chi connectivity index (χ4v) is 11.9. The quantitative estimate of drug-likeness (QED) is 0.156. The second-order valence-electron chi connectivity index (χ2n) is 18.9. The third-order valence-corrected chi connectivity index (χ3v) is 15.0. The van der Waals surface area contributed by atoms with Crippen LogP contribution in [0.3, 0.4) is 0 Å². The predicted molar refractivity (Wildman–Crippen MR) is 299 cm³/mol. The molecule has 0 unspecified atom stereocenters. The minimum absolute atomic E-state index is 0.0915. The number of para-hydroxylation sites is 6. The minimum atomic E-state index is -0.217. The van der Waals surface area contributed by atoms with Crippen molar-refractivity contribution >= 4 is 89.8 Å². The number of ether oxygens (including phenoxy) is 2. The van der Waals surface area contributed by atoms with E-state index >= 15 is 0 Å². The molecule has 5 heterocycles. The fourth-order valence-electron chi connectivity index (χ4n) is 11.9. The number of fused-ring (bicyclic) bond motifs is 11. The molecule has 0 atom stereocenters. The first kappa shape index (κ1) is 40.6. The van der Waals surface area contributed by atoms with Crippen LogP contribution in [-0.2, 0) is 0 Å². The van der Waals surface area contributed by atoms with Crippen molar-refractivity contribution in [2.75, 3.05) is 0 Å². The summed E-state index contributed by atoms with van der Waals surface area (Å²) >= 11 is 0. The molecule has 2 aliphatic heterocycles. The van der Waals surface area contributed by atoms with Gasteiger partial charge in [0, 0.05) is 27.0 Å². The Hall–Kier alpha value is -9.32. The van der Waals surface area contributed by atoms with Gasteiger partial charge in [-0.1, -0.05) is 205 Å². The number of aromatic nitrogens is 3. The summed E-state index contributed by atoms with van der Waals surface area (Å²) in [5.41, 5.74) is 15.7. The van der Waals surface area contributed by atoms with Crippen molar-refractivity contribution in [3.05, 3.63) is 249 Å². The minimum Gasteiger partial charge on any atom is -0.459 e. The van der Waals surface area contributed by atoms with Gasteiger partial charge >= 0.3 is 0 Å². The maximum Gasteiger partial charge on any atom is 0.255 e. The van der Waals surface area contributed by atoms with Gasteiger partial charge in [0.1, 0.15) is 34.6 Å². The lowest BCUT2D eigenvalue weighted by Crippen LogP contribution is -2.60. The van der Waals surface area contributed by atoms with E-state index in [1.165, 1.54) is 38.1 Å². The van der Waals surface area contributed by atoms with Crippen LogP contribution < -0.4 is 42.3 Å². The van der Waals surface area contributed by atoms with Gasteiger partial charge < -0.3 is 9.47 Å². The molecule has 0 amide bonds. The second-order valence-corrected chi connectivity index (χ2v) is 18.9. The summed E-state index contributed by atoms with van der Waals surface area (Å²) in [6.45, 7) is -0.309. The molecule has 2 aliphatic rings. The Morgan fingerprint density at radius 1 is 0.319 bits per heavy atom. The van der Waals surface area contributed by atoms with Gasteiger partial charge in [-0.05, 0) is 93.2 Å². The van der Waals surface area contributed by atoms with E-state index in [1.54, 1.807) is 0 Å². The van der Waals surface area contributed by atoms with Gasteiger partial charge in [0.2, 0.25) is 0 Å². The van der Waals surface area contributed by atoms with Gasteiger partial charge in [0.05, 0.1) is 22.1 Å². The molecular formula is C65H41B2N3O2.